The number of nitrogens with two attached hydrogens (primary N) is 1. The van der Waals surface area contributed by atoms with Crippen molar-refractivity contribution in [1.82, 2.24) is 5.32 Å². The van der Waals surface area contributed by atoms with E-state index in [0.29, 0.717) is 0 Å². The lowest BCUT2D eigenvalue weighted by atomic mass is 9.71. The topological polar surface area (TPSA) is 83.0 Å². The van der Waals surface area contributed by atoms with E-state index < -0.39 is 0 Å². The van der Waals surface area contributed by atoms with Crippen LogP contribution in [0.2, 0.25) is 0 Å². The number of aliphatic imine (C=N–C) groups is 1. The van der Waals surface area contributed by atoms with Crippen LogP contribution in [0.4, 0.5) is 0 Å². The van der Waals surface area contributed by atoms with Gasteiger partial charge < -0.3 is 16.3 Å². The van der Waals surface area contributed by atoms with Crippen molar-refractivity contribution in [2.24, 2.45) is 15.9 Å². The van der Waals surface area contributed by atoms with Crippen molar-refractivity contribution >= 4 is 23.3 Å². The van der Waals surface area contributed by atoms with E-state index in [9.17, 15) is 5.11 Å². The Morgan fingerprint density at radius 3 is 2.84 bits per heavy atom. The average molecular weight is 369 g/mol. The van der Waals surface area contributed by atoms with Crippen molar-refractivity contribution in [3.63, 3.8) is 0 Å². The van der Waals surface area contributed by atoms with Crippen LogP contribution in [0.5, 0.6) is 0 Å². The highest BCUT2D eigenvalue weighted by atomic mass is 32.1. The van der Waals surface area contributed by atoms with Gasteiger partial charge in [0.1, 0.15) is 0 Å². The maximum Gasteiger partial charge on any atom is 0.0947 e. The third-order valence-electron chi connectivity index (χ3n) is 4.83. The zero-order valence-electron chi connectivity index (χ0n) is 16.3. The van der Waals surface area contributed by atoms with Crippen LogP contribution in [0.15, 0.2) is 16.2 Å². The van der Waals surface area contributed by atoms with Gasteiger partial charge in [-0.05, 0) is 50.8 Å². The molecule has 1 fully saturated rings. The maximum atomic E-state index is 9.40. The Morgan fingerprint density at radius 2 is 2.28 bits per heavy atom. The summed E-state index contributed by atoms with van der Waals surface area (Å²) in [5.41, 5.74) is 2.23. The summed E-state index contributed by atoms with van der Waals surface area (Å²) in [6.07, 6.45) is 5.61. The summed E-state index contributed by atoms with van der Waals surface area (Å²) >= 11 is 1.88. The number of aliphatic hydroxyl groups is 1. The number of aryl methyl sites for hydroxylation is 1. The van der Waals surface area contributed by atoms with E-state index in [1.165, 1.54) is 15.3 Å². The van der Waals surface area contributed by atoms with Gasteiger partial charge in [0.25, 0.3) is 0 Å². The van der Waals surface area contributed by atoms with Crippen LogP contribution < -0.4 is 11.2 Å². The zero-order valence-corrected chi connectivity index (χ0v) is 17.1. The third-order valence-corrected chi connectivity index (χ3v) is 6.17. The van der Waals surface area contributed by atoms with Crippen molar-refractivity contribution in [3.05, 3.63) is 21.4 Å². The molecule has 144 valence electrons. The number of nitrogens with zero attached hydrogens (tertiary/aromatic N) is 2. The van der Waals surface area contributed by atoms with E-state index >= 15 is 0 Å². The molecule has 0 saturated carbocycles. The summed E-state index contributed by atoms with van der Waals surface area (Å²) < 4.78 is 0. The monoisotopic (exact) mass is 368 g/mol. The van der Waals surface area contributed by atoms with Crippen molar-refractivity contribution in [2.75, 3.05) is 20.2 Å². The van der Waals surface area contributed by atoms with Crippen molar-refractivity contribution in [3.8, 4) is 0 Å². The van der Waals surface area contributed by atoms with Gasteiger partial charge in [0, 0.05) is 36.5 Å². The first-order valence-corrected chi connectivity index (χ1v) is 10.1. The van der Waals surface area contributed by atoms with E-state index in [-0.39, 0.29) is 19.5 Å². The summed E-state index contributed by atoms with van der Waals surface area (Å²) in [7, 11) is 1.74. The minimum Gasteiger partial charge on any atom is -0.396 e. The molecule has 25 heavy (non-hydrogen) atoms. The van der Waals surface area contributed by atoms with Gasteiger partial charge in [0.05, 0.1) is 11.8 Å². The highest BCUT2D eigenvalue weighted by Crippen LogP contribution is 2.44. The largest absolute Gasteiger partial charge is 0.396 e. The van der Waals surface area contributed by atoms with Crippen LogP contribution in [0, 0.1) is 6.92 Å². The second kappa shape index (κ2) is 10.7. The standard InChI is InChI=1S/C17H28N4OS.C2H6.H2/c1-4-17(16-13(5-8-22)9-12(2)23-16)6-7-20-14(10-17)15(21-18)11-19-3;1-2;/h9,11,14,20,22H,4-8,10,18H2,1-3H3;1-2H3;1H/b19-11?,21-15+;;/t14-,17?;;/m0../s1. The molecule has 0 aliphatic carbocycles. The Kier molecular flexibility index (Phi) is 9.32. The lowest BCUT2D eigenvalue weighted by Gasteiger charge is -2.41. The molecule has 1 unspecified atom stereocenters. The first-order valence-electron chi connectivity index (χ1n) is 9.24. The molecule has 6 heteroatoms. The average Bonchev–Trinajstić information content (AvgIpc) is 3.02. The summed E-state index contributed by atoms with van der Waals surface area (Å²) in [5, 5.41) is 16.8. The molecule has 1 saturated heterocycles. The number of hydrogen-bond acceptors (Lipinski definition) is 6. The molecule has 1 aliphatic rings. The van der Waals surface area contributed by atoms with Crippen LogP contribution in [0.1, 0.15) is 56.8 Å². The van der Waals surface area contributed by atoms with Crippen molar-refractivity contribution < 1.29 is 6.53 Å². The van der Waals surface area contributed by atoms with Crippen LogP contribution in [0.3, 0.4) is 0 Å². The molecule has 1 aliphatic heterocycles. The molecule has 0 aromatic carbocycles. The molecule has 4 N–H and O–H groups in total. The molecule has 5 nitrogen and oxygen atoms in total. The molecule has 2 rings (SSSR count). The van der Waals surface area contributed by atoms with E-state index in [1.807, 2.05) is 25.2 Å². The van der Waals surface area contributed by atoms with Crippen molar-refractivity contribution in [1.29, 1.82) is 0 Å². The van der Waals surface area contributed by atoms with E-state index in [4.69, 9.17) is 5.84 Å². The zero-order chi connectivity index (χ0) is 18.9. The van der Waals surface area contributed by atoms with Gasteiger partial charge in [0.2, 0.25) is 0 Å². The van der Waals surface area contributed by atoms with Gasteiger partial charge in [-0.3, -0.25) is 4.99 Å². The Labute approximate surface area is 157 Å². The number of thiophene rings is 1. The predicted molar refractivity (Wildman–Crippen MR) is 112 cm³/mol. The smallest absolute Gasteiger partial charge is 0.0947 e. The van der Waals surface area contributed by atoms with Gasteiger partial charge in [-0.25, -0.2) is 0 Å². The highest BCUT2D eigenvalue weighted by molar-refractivity contribution is 7.12. The number of rotatable bonds is 6. The lowest BCUT2D eigenvalue weighted by molar-refractivity contribution is 0.274. The number of aliphatic hydroxyl groups excluding tert-OH is 1. The molecule has 0 amide bonds. The van der Waals surface area contributed by atoms with Gasteiger partial charge in [-0.2, -0.15) is 5.10 Å². The molecule has 0 bridgehead atoms. The SMILES string of the molecule is CC.CCC1(c2sc(C)cc2CCO)CCN[C@H](/C(C=NC)=N/N)C1.[HH]. The van der Waals surface area contributed by atoms with Gasteiger partial charge >= 0.3 is 0 Å². The quantitative estimate of drug-likeness (QED) is 0.409. The number of hydrazone groups is 1. The molecule has 1 aromatic rings. The minimum atomic E-state index is 0. The number of piperidine rings is 1. The highest BCUT2D eigenvalue weighted by Gasteiger charge is 2.40. The van der Waals surface area contributed by atoms with Crippen LogP contribution in [0.25, 0.3) is 0 Å². The number of hydrogen-bond donors (Lipinski definition) is 3. The minimum absolute atomic E-state index is 0. The Bertz CT molecular complexity index is 588. The van der Waals surface area contributed by atoms with E-state index in [1.54, 1.807) is 13.3 Å². The van der Waals surface area contributed by atoms with E-state index in [0.717, 1.165) is 37.9 Å². The fourth-order valence-corrected chi connectivity index (χ4v) is 4.98. The normalized spacial score (nSPS) is 24.2. The fraction of sp³-hybridized carbons (Fsp3) is 0.684. The predicted octanol–water partition coefficient (Wildman–Crippen LogP) is 3.28. The Hall–Kier alpha value is -1.24. The van der Waals surface area contributed by atoms with Crippen molar-refractivity contribution in [2.45, 2.75) is 64.8 Å². The van der Waals surface area contributed by atoms with E-state index in [2.05, 4.69) is 35.3 Å². The molecular weight excluding hydrogens is 332 g/mol. The first kappa shape index (κ1) is 21.8. The summed E-state index contributed by atoms with van der Waals surface area (Å²) in [5.74, 6) is 5.57. The molecule has 0 radical (unpaired) electrons. The molecule has 1 aromatic heterocycles. The fourth-order valence-electron chi connectivity index (χ4n) is 3.62. The summed E-state index contributed by atoms with van der Waals surface area (Å²) in [6.45, 7) is 9.54. The van der Waals surface area contributed by atoms with Crippen LogP contribution >= 0.6 is 11.3 Å². The Morgan fingerprint density at radius 1 is 1.56 bits per heavy atom. The van der Waals surface area contributed by atoms with Crippen LogP contribution in [-0.2, 0) is 11.8 Å². The molecule has 2 heterocycles. The summed E-state index contributed by atoms with van der Waals surface area (Å²) in [4.78, 5) is 6.82. The Balaban J connectivity index is 0.00000201. The van der Waals surface area contributed by atoms with Gasteiger partial charge in [-0.15, -0.1) is 11.3 Å². The third kappa shape index (κ3) is 5.12. The molecular formula is C19H36N4OS. The number of nitrogens with one attached hydrogen (secondary N) is 1. The second-order valence-corrected chi connectivity index (χ2v) is 7.48. The molecule has 0 spiro atoms. The van der Waals surface area contributed by atoms with Gasteiger partial charge in [0.15, 0.2) is 0 Å². The van der Waals surface area contributed by atoms with Gasteiger partial charge in [-0.1, -0.05) is 20.8 Å². The second-order valence-electron chi connectivity index (χ2n) is 6.22. The van der Waals surface area contributed by atoms with Crippen LogP contribution in [-0.4, -0.2) is 43.3 Å². The first-order chi connectivity index (χ1) is 12.1. The molecule has 2 atom stereocenters. The maximum absolute atomic E-state index is 9.40. The summed E-state index contributed by atoms with van der Waals surface area (Å²) in [6, 6.07) is 2.36. The lowest BCUT2D eigenvalue weighted by Crippen LogP contribution is -2.50.